The molecule has 0 bridgehead atoms. The highest BCUT2D eigenvalue weighted by Gasteiger charge is 2.27. The average molecular weight is 470 g/mol. The van der Waals surface area contributed by atoms with Crippen molar-refractivity contribution >= 4 is 28.8 Å². The molecular weight excluding hydrogens is 442 g/mol. The maximum Gasteiger partial charge on any atom is 0.253 e. The molecule has 1 aliphatic heterocycles. The van der Waals surface area contributed by atoms with Crippen molar-refractivity contribution in [3.05, 3.63) is 52.0 Å². The molecule has 7 heteroatoms. The van der Waals surface area contributed by atoms with Gasteiger partial charge in [0.2, 0.25) is 0 Å². The van der Waals surface area contributed by atoms with Gasteiger partial charge in [-0.15, -0.1) is 11.3 Å². The monoisotopic (exact) mass is 469 g/mol. The van der Waals surface area contributed by atoms with Gasteiger partial charge in [-0.25, -0.2) is 4.98 Å². The number of halogens is 1. The molecule has 1 atom stereocenters. The quantitative estimate of drug-likeness (QED) is 0.463. The number of carbonyl (C=O) groups is 1. The lowest BCUT2D eigenvalue weighted by Gasteiger charge is -2.18. The van der Waals surface area contributed by atoms with Crippen molar-refractivity contribution in [2.24, 2.45) is 0 Å². The van der Waals surface area contributed by atoms with Gasteiger partial charge in [0.25, 0.3) is 5.91 Å². The summed E-state index contributed by atoms with van der Waals surface area (Å²) in [6.07, 6.45) is 6.94. The first-order valence-corrected chi connectivity index (χ1v) is 12.7. The second-order valence-electron chi connectivity index (χ2n) is 8.70. The lowest BCUT2D eigenvalue weighted by Crippen LogP contribution is -2.32. The van der Waals surface area contributed by atoms with Crippen LogP contribution in [0.4, 0.5) is 0 Å². The minimum Gasteiger partial charge on any atom is -0.376 e. The predicted molar refractivity (Wildman–Crippen MR) is 130 cm³/mol. The molecule has 2 fully saturated rings. The third-order valence-electron chi connectivity index (χ3n) is 6.61. The SMILES string of the molecule is Cc1c(C(=O)NCC2CCCO2)cc(-c2csc(-c3ccccc3Cl)n2)n1C1CCCC1. The molecule has 1 saturated carbocycles. The maximum atomic E-state index is 13.1. The molecular formula is C25H28ClN3O2S. The van der Waals surface area contributed by atoms with E-state index in [9.17, 15) is 4.79 Å². The Hall–Kier alpha value is -2.15. The van der Waals surface area contributed by atoms with Gasteiger partial charge in [-0.05, 0) is 44.7 Å². The Morgan fingerprint density at radius 3 is 2.81 bits per heavy atom. The first-order chi connectivity index (χ1) is 15.6. The fourth-order valence-corrected chi connectivity index (χ4v) is 6.07. The summed E-state index contributed by atoms with van der Waals surface area (Å²) in [6, 6.07) is 10.2. The summed E-state index contributed by atoms with van der Waals surface area (Å²) in [5, 5.41) is 6.76. The zero-order chi connectivity index (χ0) is 22.1. The maximum absolute atomic E-state index is 13.1. The summed E-state index contributed by atoms with van der Waals surface area (Å²) in [5.74, 6) is -0.0300. The molecule has 3 heterocycles. The minimum absolute atomic E-state index is 0.0300. The van der Waals surface area contributed by atoms with Crippen LogP contribution in [0, 0.1) is 6.92 Å². The summed E-state index contributed by atoms with van der Waals surface area (Å²) in [5.41, 5.74) is 4.61. The topological polar surface area (TPSA) is 56.1 Å². The molecule has 0 radical (unpaired) electrons. The highest BCUT2D eigenvalue weighted by Crippen LogP contribution is 2.39. The van der Waals surface area contributed by atoms with Crippen LogP contribution in [-0.2, 0) is 4.74 Å². The van der Waals surface area contributed by atoms with E-state index >= 15 is 0 Å². The second kappa shape index (κ2) is 9.38. The first kappa shape index (κ1) is 21.7. The van der Waals surface area contributed by atoms with Crippen LogP contribution in [0.3, 0.4) is 0 Å². The fourth-order valence-electron chi connectivity index (χ4n) is 4.94. The Balaban J connectivity index is 1.48. The van der Waals surface area contributed by atoms with Crippen molar-refractivity contribution in [3.8, 4) is 22.0 Å². The molecule has 1 unspecified atom stereocenters. The third kappa shape index (κ3) is 4.24. The van der Waals surface area contributed by atoms with E-state index in [0.29, 0.717) is 17.6 Å². The molecule has 2 aromatic heterocycles. The van der Waals surface area contributed by atoms with Gasteiger partial charge in [0, 0.05) is 35.8 Å². The van der Waals surface area contributed by atoms with Crippen molar-refractivity contribution in [2.45, 2.75) is 57.6 Å². The number of benzene rings is 1. The van der Waals surface area contributed by atoms with E-state index in [1.807, 2.05) is 30.3 Å². The summed E-state index contributed by atoms with van der Waals surface area (Å²) in [7, 11) is 0. The fraction of sp³-hybridized carbons (Fsp3) is 0.440. The summed E-state index contributed by atoms with van der Waals surface area (Å²) < 4.78 is 8.01. The summed E-state index contributed by atoms with van der Waals surface area (Å²) in [6.45, 7) is 3.42. The molecule has 2 aliphatic rings. The molecule has 1 amide bonds. The van der Waals surface area contributed by atoms with E-state index in [1.165, 1.54) is 12.8 Å². The third-order valence-corrected chi connectivity index (χ3v) is 7.82. The summed E-state index contributed by atoms with van der Waals surface area (Å²) >= 11 is 7.99. The highest BCUT2D eigenvalue weighted by atomic mass is 35.5. The second-order valence-corrected chi connectivity index (χ2v) is 9.97. The van der Waals surface area contributed by atoms with Crippen LogP contribution in [0.5, 0.6) is 0 Å². The Bertz CT molecular complexity index is 1110. The molecule has 0 spiro atoms. The van der Waals surface area contributed by atoms with Crippen LogP contribution in [0.1, 0.15) is 60.6 Å². The van der Waals surface area contributed by atoms with Gasteiger partial charge in [0.15, 0.2) is 0 Å². The standard InChI is InChI=1S/C25H28ClN3O2S/c1-16-20(24(30)27-14-18-9-6-12-31-18)13-23(29(16)17-7-2-3-8-17)22-15-32-25(28-22)19-10-4-5-11-21(19)26/h4-5,10-11,13,15,17-18H,2-3,6-9,12,14H2,1H3,(H,27,30). The lowest BCUT2D eigenvalue weighted by atomic mass is 10.2. The number of nitrogens with one attached hydrogen (secondary N) is 1. The molecule has 1 aromatic carbocycles. The number of rotatable bonds is 6. The van der Waals surface area contributed by atoms with Crippen LogP contribution in [0.25, 0.3) is 22.0 Å². The van der Waals surface area contributed by atoms with Crippen molar-refractivity contribution in [3.63, 3.8) is 0 Å². The molecule has 1 saturated heterocycles. The number of aromatic nitrogens is 2. The first-order valence-electron chi connectivity index (χ1n) is 11.4. The van der Waals surface area contributed by atoms with E-state index in [4.69, 9.17) is 21.3 Å². The number of thiazole rings is 1. The minimum atomic E-state index is -0.0300. The lowest BCUT2D eigenvalue weighted by molar-refractivity contribution is 0.0857. The Morgan fingerprint density at radius 2 is 2.06 bits per heavy atom. The number of ether oxygens (including phenoxy) is 1. The van der Waals surface area contributed by atoms with Gasteiger partial charge in [-0.1, -0.05) is 42.6 Å². The highest BCUT2D eigenvalue weighted by molar-refractivity contribution is 7.13. The van der Waals surface area contributed by atoms with Gasteiger partial charge in [-0.2, -0.15) is 0 Å². The van der Waals surface area contributed by atoms with Crippen molar-refractivity contribution in [1.82, 2.24) is 14.9 Å². The van der Waals surface area contributed by atoms with Gasteiger partial charge < -0.3 is 14.6 Å². The van der Waals surface area contributed by atoms with Crippen LogP contribution in [0.15, 0.2) is 35.7 Å². The van der Waals surface area contributed by atoms with Crippen molar-refractivity contribution in [2.75, 3.05) is 13.2 Å². The van der Waals surface area contributed by atoms with Crippen LogP contribution in [0.2, 0.25) is 5.02 Å². The van der Waals surface area contributed by atoms with Crippen molar-refractivity contribution < 1.29 is 9.53 Å². The zero-order valence-corrected chi connectivity index (χ0v) is 19.8. The summed E-state index contributed by atoms with van der Waals surface area (Å²) in [4.78, 5) is 18.0. The van der Waals surface area contributed by atoms with Gasteiger partial charge in [-0.3, -0.25) is 4.79 Å². The largest absolute Gasteiger partial charge is 0.376 e. The van der Waals surface area contributed by atoms with E-state index in [0.717, 1.165) is 65.5 Å². The van der Waals surface area contributed by atoms with E-state index < -0.39 is 0 Å². The molecule has 1 N–H and O–H groups in total. The van der Waals surface area contributed by atoms with E-state index in [-0.39, 0.29) is 12.0 Å². The Labute approximate surface area is 197 Å². The number of nitrogens with zero attached hydrogens (tertiary/aromatic N) is 2. The Morgan fingerprint density at radius 1 is 1.25 bits per heavy atom. The number of carbonyl (C=O) groups excluding carboxylic acids is 1. The van der Waals surface area contributed by atoms with E-state index in [2.05, 4.69) is 22.2 Å². The van der Waals surface area contributed by atoms with Crippen LogP contribution < -0.4 is 5.32 Å². The molecule has 32 heavy (non-hydrogen) atoms. The molecule has 168 valence electrons. The predicted octanol–water partition coefficient (Wildman–Crippen LogP) is 6.26. The van der Waals surface area contributed by atoms with Crippen molar-refractivity contribution in [1.29, 1.82) is 0 Å². The van der Waals surface area contributed by atoms with Crippen LogP contribution in [-0.4, -0.2) is 34.7 Å². The van der Waals surface area contributed by atoms with E-state index in [1.54, 1.807) is 11.3 Å². The van der Waals surface area contributed by atoms with Gasteiger partial charge in [0.1, 0.15) is 5.01 Å². The van der Waals surface area contributed by atoms with Gasteiger partial charge in [0.05, 0.1) is 28.1 Å². The molecule has 1 aliphatic carbocycles. The average Bonchev–Trinajstić information content (AvgIpc) is 3.59. The smallest absolute Gasteiger partial charge is 0.253 e. The van der Waals surface area contributed by atoms with Crippen LogP contribution >= 0.6 is 22.9 Å². The zero-order valence-electron chi connectivity index (χ0n) is 18.3. The normalized spacial score (nSPS) is 19.0. The Kier molecular flexibility index (Phi) is 6.35. The molecule has 5 rings (SSSR count). The number of hydrogen-bond donors (Lipinski definition) is 1. The molecule has 3 aromatic rings. The number of amides is 1. The van der Waals surface area contributed by atoms with Gasteiger partial charge >= 0.3 is 0 Å². The molecule has 5 nitrogen and oxygen atoms in total. The number of hydrogen-bond acceptors (Lipinski definition) is 4.